The van der Waals surface area contributed by atoms with Crippen LogP contribution < -0.4 is 0 Å². The largest absolute Gasteiger partial charge is 0.462 e. The molecule has 4 rings (SSSR count). The van der Waals surface area contributed by atoms with Crippen LogP contribution in [0.15, 0.2) is 30.5 Å². The molecular formula is C21H25N3O3. The molecule has 2 aliphatic rings. The molecule has 6 nitrogen and oxygen atoms in total. The van der Waals surface area contributed by atoms with E-state index in [1.165, 1.54) is 25.5 Å². The van der Waals surface area contributed by atoms with Crippen LogP contribution in [0.1, 0.15) is 59.0 Å². The second-order valence-corrected chi connectivity index (χ2v) is 7.65. The number of carbonyl (C=O) groups excluding carboxylic acids is 2. The van der Waals surface area contributed by atoms with Gasteiger partial charge in [0.1, 0.15) is 5.56 Å². The number of piperidine rings is 1. The molecule has 1 amide bonds. The third kappa shape index (κ3) is 3.36. The second kappa shape index (κ2) is 6.83. The Morgan fingerprint density at radius 2 is 1.93 bits per heavy atom. The highest BCUT2D eigenvalue weighted by Crippen LogP contribution is 2.52. The van der Waals surface area contributed by atoms with Gasteiger partial charge in [-0.1, -0.05) is 0 Å². The van der Waals surface area contributed by atoms with Crippen LogP contribution in [-0.2, 0) is 4.74 Å². The van der Waals surface area contributed by atoms with Gasteiger partial charge < -0.3 is 9.64 Å². The molecule has 1 spiro atoms. The fourth-order valence-electron chi connectivity index (χ4n) is 3.97. The van der Waals surface area contributed by atoms with Crippen LogP contribution in [0.4, 0.5) is 0 Å². The molecule has 1 saturated heterocycles. The first-order valence-electron chi connectivity index (χ1n) is 9.64. The van der Waals surface area contributed by atoms with Crippen molar-refractivity contribution in [1.29, 1.82) is 0 Å². The van der Waals surface area contributed by atoms with Crippen molar-refractivity contribution >= 4 is 11.9 Å². The Balaban J connectivity index is 1.51. The maximum atomic E-state index is 12.8. The molecule has 0 bridgehead atoms. The fraction of sp³-hybridized carbons (Fsp3) is 0.476. The summed E-state index contributed by atoms with van der Waals surface area (Å²) in [5.74, 6) is -0.260. The van der Waals surface area contributed by atoms with E-state index in [9.17, 15) is 9.59 Å². The molecule has 2 heterocycles. The van der Waals surface area contributed by atoms with Gasteiger partial charge in [0.05, 0.1) is 24.2 Å². The van der Waals surface area contributed by atoms with Gasteiger partial charge in [-0.15, -0.1) is 0 Å². The molecule has 0 radical (unpaired) electrons. The Morgan fingerprint density at radius 3 is 2.59 bits per heavy atom. The molecule has 27 heavy (non-hydrogen) atoms. The van der Waals surface area contributed by atoms with Gasteiger partial charge in [0, 0.05) is 18.7 Å². The lowest BCUT2D eigenvalue weighted by Gasteiger charge is -2.33. The quantitative estimate of drug-likeness (QED) is 0.777. The monoisotopic (exact) mass is 367 g/mol. The summed E-state index contributed by atoms with van der Waals surface area (Å²) in [5.41, 5.74) is 3.12. The van der Waals surface area contributed by atoms with E-state index in [1.807, 2.05) is 36.1 Å². The number of benzene rings is 1. The van der Waals surface area contributed by atoms with E-state index >= 15 is 0 Å². The molecule has 1 aromatic carbocycles. The van der Waals surface area contributed by atoms with Gasteiger partial charge in [0.25, 0.3) is 5.91 Å². The number of hydrogen-bond donors (Lipinski definition) is 0. The smallest absolute Gasteiger partial charge is 0.341 e. The van der Waals surface area contributed by atoms with Crippen LogP contribution >= 0.6 is 0 Å². The van der Waals surface area contributed by atoms with Gasteiger partial charge in [-0.25, -0.2) is 9.48 Å². The van der Waals surface area contributed by atoms with E-state index in [0.29, 0.717) is 23.1 Å². The normalized spacial score (nSPS) is 17.8. The lowest BCUT2D eigenvalue weighted by Crippen LogP contribution is -2.40. The average Bonchev–Trinajstić information content (AvgIpc) is 3.30. The minimum atomic E-state index is -0.368. The van der Waals surface area contributed by atoms with E-state index in [2.05, 4.69) is 5.10 Å². The Morgan fingerprint density at radius 1 is 1.19 bits per heavy atom. The van der Waals surface area contributed by atoms with Crippen molar-refractivity contribution in [3.05, 3.63) is 47.3 Å². The molecule has 1 aliphatic carbocycles. The van der Waals surface area contributed by atoms with Crippen molar-refractivity contribution < 1.29 is 14.3 Å². The number of amides is 1. The molecule has 0 unspecified atom stereocenters. The molecule has 6 heteroatoms. The van der Waals surface area contributed by atoms with Crippen LogP contribution in [0.3, 0.4) is 0 Å². The minimum Gasteiger partial charge on any atom is -0.462 e. The highest BCUT2D eigenvalue weighted by Gasteiger charge is 2.46. The zero-order valence-corrected chi connectivity index (χ0v) is 15.9. The minimum absolute atomic E-state index is 0.108. The maximum absolute atomic E-state index is 12.8. The summed E-state index contributed by atoms with van der Waals surface area (Å²) >= 11 is 0. The summed E-state index contributed by atoms with van der Waals surface area (Å²) < 4.78 is 6.75. The summed E-state index contributed by atoms with van der Waals surface area (Å²) in [7, 11) is 0. The molecule has 2 fully saturated rings. The summed E-state index contributed by atoms with van der Waals surface area (Å²) in [6, 6.07) is 7.44. The summed E-state index contributed by atoms with van der Waals surface area (Å²) in [5, 5.41) is 4.30. The predicted octanol–water partition coefficient (Wildman–Crippen LogP) is 3.37. The van der Waals surface area contributed by atoms with Gasteiger partial charge in [0.15, 0.2) is 0 Å². The van der Waals surface area contributed by atoms with E-state index in [0.717, 1.165) is 30.9 Å². The van der Waals surface area contributed by atoms with Crippen LogP contribution in [-0.4, -0.2) is 46.3 Å². The molecule has 1 aliphatic heterocycles. The topological polar surface area (TPSA) is 64.4 Å². The number of aromatic nitrogens is 2. The highest BCUT2D eigenvalue weighted by atomic mass is 16.5. The number of nitrogens with zero attached hydrogens (tertiary/aromatic N) is 3. The first-order valence-corrected chi connectivity index (χ1v) is 9.64. The predicted molar refractivity (Wildman–Crippen MR) is 101 cm³/mol. The van der Waals surface area contributed by atoms with Crippen molar-refractivity contribution in [3.63, 3.8) is 0 Å². The van der Waals surface area contributed by atoms with Crippen LogP contribution in [0.2, 0.25) is 0 Å². The zero-order chi connectivity index (χ0) is 19.0. The first-order chi connectivity index (χ1) is 13.0. The van der Waals surface area contributed by atoms with Gasteiger partial charge in [0.2, 0.25) is 0 Å². The molecule has 1 saturated carbocycles. The third-order valence-electron chi connectivity index (χ3n) is 5.77. The second-order valence-electron chi connectivity index (χ2n) is 7.65. The SMILES string of the molecule is CCOC(=O)c1cnn(-c2ccc(C(=O)N3CCCC4(CC4)C3)cc2)c1C. The van der Waals surface area contributed by atoms with E-state index < -0.39 is 0 Å². The van der Waals surface area contributed by atoms with E-state index in [1.54, 1.807) is 11.6 Å². The van der Waals surface area contributed by atoms with Crippen molar-refractivity contribution in [2.24, 2.45) is 5.41 Å². The lowest BCUT2D eigenvalue weighted by molar-refractivity contribution is 0.0525. The molecular weight excluding hydrogens is 342 g/mol. The van der Waals surface area contributed by atoms with Crippen molar-refractivity contribution in [3.8, 4) is 5.69 Å². The van der Waals surface area contributed by atoms with Gasteiger partial charge >= 0.3 is 5.97 Å². The van der Waals surface area contributed by atoms with Crippen LogP contribution in [0, 0.1) is 12.3 Å². The Kier molecular flexibility index (Phi) is 4.50. The number of ether oxygens (including phenoxy) is 1. The van der Waals surface area contributed by atoms with Gasteiger partial charge in [-0.05, 0) is 69.2 Å². The summed E-state index contributed by atoms with van der Waals surface area (Å²) in [6.45, 7) is 5.69. The van der Waals surface area contributed by atoms with Crippen LogP contribution in [0.25, 0.3) is 5.69 Å². The number of esters is 1. The average molecular weight is 367 g/mol. The first kappa shape index (κ1) is 17.8. The molecule has 0 N–H and O–H groups in total. The maximum Gasteiger partial charge on any atom is 0.341 e. The standard InChI is InChI=1S/C21H25N3O3/c1-3-27-20(26)18-13-22-24(15(18)2)17-7-5-16(6-8-17)19(25)23-12-4-9-21(14-23)10-11-21/h5-8,13H,3-4,9-12,14H2,1-2H3. The van der Waals surface area contributed by atoms with Crippen LogP contribution in [0.5, 0.6) is 0 Å². The zero-order valence-electron chi connectivity index (χ0n) is 15.9. The molecule has 1 aromatic heterocycles. The van der Waals surface area contributed by atoms with Crippen molar-refractivity contribution in [1.82, 2.24) is 14.7 Å². The number of carbonyl (C=O) groups is 2. The number of likely N-dealkylation sites (tertiary alicyclic amines) is 1. The summed E-state index contributed by atoms with van der Waals surface area (Å²) in [4.78, 5) is 26.8. The lowest BCUT2D eigenvalue weighted by atomic mass is 9.94. The number of hydrogen-bond acceptors (Lipinski definition) is 4. The van der Waals surface area contributed by atoms with Crippen molar-refractivity contribution in [2.45, 2.75) is 39.5 Å². The molecule has 142 valence electrons. The highest BCUT2D eigenvalue weighted by molar-refractivity contribution is 5.94. The van der Waals surface area contributed by atoms with Crippen molar-refractivity contribution in [2.75, 3.05) is 19.7 Å². The third-order valence-corrected chi connectivity index (χ3v) is 5.77. The Hall–Kier alpha value is -2.63. The Bertz CT molecular complexity index is 865. The van der Waals surface area contributed by atoms with Gasteiger partial charge in [-0.2, -0.15) is 5.10 Å². The Labute approximate surface area is 159 Å². The fourth-order valence-corrected chi connectivity index (χ4v) is 3.97. The van der Waals surface area contributed by atoms with E-state index in [4.69, 9.17) is 4.74 Å². The molecule has 0 atom stereocenters. The summed E-state index contributed by atoms with van der Waals surface area (Å²) in [6.07, 6.45) is 6.41. The number of rotatable bonds is 4. The molecule has 2 aromatic rings. The van der Waals surface area contributed by atoms with Gasteiger partial charge in [-0.3, -0.25) is 4.79 Å². The van der Waals surface area contributed by atoms with E-state index in [-0.39, 0.29) is 11.9 Å².